The monoisotopic (exact) mass is 437 g/mol. The highest BCUT2D eigenvalue weighted by molar-refractivity contribution is 5.98. The number of hydrogen-bond acceptors (Lipinski definition) is 5. The first kappa shape index (κ1) is 23.5. The first-order valence-electron chi connectivity index (χ1n) is 11.1. The van der Waals surface area contributed by atoms with Crippen molar-refractivity contribution in [1.82, 2.24) is 4.90 Å². The van der Waals surface area contributed by atoms with Crippen LogP contribution in [0.4, 0.5) is 0 Å². The standard InChI is InChI=1S/C26H31NO5/c1-18-6-8-20(9-7-18)26(30)21-12-14-27(15-13-21)25(29)5-4-16-32-23-11-10-22(19(2)28)17-24(23)31-3/h6-11,17,21H,4-5,12-16H2,1-3H3. The molecule has 0 spiro atoms. The molecule has 6 nitrogen and oxygen atoms in total. The number of amides is 1. The first-order valence-corrected chi connectivity index (χ1v) is 11.1. The molecule has 170 valence electrons. The highest BCUT2D eigenvalue weighted by Gasteiger charge is 2.27. The van der Waals surface area contributed by atoms with E-state index in [9.17, 15) is 14.4 Å². The van der Waals surface area contributed by atoms with Crippen LogP contribution in [0.2, 0.25) is 0 Å². The molecule has 0 unspecified atom stereocenters. The number of benzene rings is 2. The topological polar surface area (TPSA) is 72.9 Å². The number of hydrogen-bond donors (Lipinski definition) is 0. The smallest absolute Gasteiger partial charge is 0.222 e. The molecule has 3 rings (SSSR count). The number of likely N-dealkylation sites (tertiary alicyclic amines) is 1. The third-order valence-electron chi connectivity index (χ3n) is 5.92. The molecule has 0 saturated carbocycles. The molecule has 0 atom stereocenters. The summed E-state index contributed by atoms with van der Waals surface area (Å²) in [6.45, 7) is 5.11. The van der Waals surface area contributed by atoms with Crippen molar-refractivity contribution < 1.29 is 23.9 Å². The van der Waals surface area contributed by atoms with Gasteiger partial charge in [-0.2, -0.15) is 0 Å². The highest BCUT2D eigenvalue weighted by atomic mass is 16.5. The van der Waals surface area contributed by atoms with Crippen molar-refractivity contribution in [2.24, 2.45) is 5.92 Å². The van der Waals surface area contributed by atoms with E-state index in [1.54, 1.807) is 18.2 Å². The summed E-state index contributed by atoms with van der Waals surface area (Å²) < 4.78 is 11.1. The predicted octanol–water partition coefficient (Wildman–Crippen LogP) is 4.49. The maximum absolute atomic E-state index is 12.7. The lowest BCUT2D eigenvalue weighted by Crippen LogP contribution is -2.40. The Morgan fingerprint density at radius 3 is 2.25 bits per heavy atom. The number of ketones is 2. The molecule has 0 bridgehead atoms. The lowest BCUT2D eigenvalue weighted by molar-refractivity contribution is -0.132. The number of ether oxygens (including phenoxy) is 2. The minimum absolute atomic E-state index is 0.0180. The second kappa shape index (κ2) is 10.9. The zero-order chi connectivity index (χ0) is 23.1. The molecular weight excluding hydrogens is 406 g/mol. The third-order valence-corrected chi connectivity index (χ3v) is 5.92. The van der Waals surface area contributed by atoms with Crippen LogP contribution in [0.15, 0.2) is 42.5 Å². The summed E-state index contributed by atoms with van der Waals surface area (Å²) >= 11 is 0. The van der Waals surface area contributed by atoms with Crippen LogP contribution in [0.3, 0.4) is 0 Å². The van der Waals surface area contributed by atoms with Crippen LogP contribution in [0.25, 0.3) is 0 Å². The second-order valence-corrected chi connectivity index (χ2v) is 8.26. The summed E-state index contributed by atoms with van der Waals surface area (Å²) in [7, 11) is 1.53. The molecule has 1 aliphatic heterocycles. The molecule has 1 aliphatic rings. The van der Waals surface area contributed by atoms with Crippen molar-refractivity contribution in [3.05, 3.63) is 59.2 Å². The van der Waals surface area contributed by atoms with Gasteiger partial charge in [0.25, 0.3) is 0 Å². The molecule has 6 heteroatoms. The summed E-state index contributed by atoms with van der Waals surface area (Å²) in [5, 5.41) is 0. The van der Waals surface area contributed by atoms with Crippen molar-refractivity contribution in [2.45, 2.75) is 39.5 Å². The fourth-order valence-corrected chi connectivity index (χ4v) is 3.91. The highest BCUT2D eigenvalue weighted by Crippen LogP contribution is 2.28. The number of piperidine rings is 1. The lowest BCUT2D eigenvalue weighted by atomic mass is 9.88. The fraction of sp³-hybridized carbons (Fsp3) is 0.423. The Labute approximate surface area is 189 Å². The van der Waals surface area contributed by atoms with Crippen molar-refractivity contribution in [2.75, 3.05) is 26.8 Å². The molecule has 0 aromatic heterocycles. The Morgan fingerprint density at radius 2 is 1.62 bits per heavy atom. The molecular formula is C26H31NO5. The summed E-state index contributed by atoms with van der Waals surface area (Å²) in [4.78, 5) is 38.6. The van der Waals surface area contributed by atoms with Crippen molar-refractivity contribution in [3.8, 4) is 11.5 Å². The van der Waals surface area contributed by atoms with Gasteiger partial charge in [0.1, 0.15) is 0 Å². The summed E-state index contributed by atoms with van der Waals surface area (Å²) in [6.07, 6.45) is 2.38. The predicted molar refractivity (Wildman–Crippen MR) is 123 cm³/mol. The molecule has 0 radical (unpaired) electrons. The minimum Gasteiger partial charge on any atom is -0.493 e. The number of Topliss-reactive ketones (excluding diaryl/α,β-unsaturated/α-hetero) is 2. The number of aryl methyl sites for hydroxylation is 1. The summed E-state index contributed by atoms with van der Waals surface area (Å²) in [5.41, 5.74) is 2.45. The van der Waals surface area contributed by atoms with Crippen LogP contribution in [-0.4, -0.2) is 49.2 Å². The molecule has 0 N–H and O–H groups in total. The van der Waals surface area contributed by atoms with Gasteiger partial charge in [0.15, 0.2) is 23.1 Å². The van der Waals surface area contributed by atoms with Gasteiger partial charge in [0.05, 0.1) is 13.7 Å². The molecule has 0 aliphatic carbocycles. The third kappa shape index (κ3) is 5.96. The summed E-state index contributed by atoms with van der Waals surface area (Å²) in [6, 6.07) is 12.8. The molecule has 1 amide bonds. The maximum atomic E-state index is 12.7. The average molecular weight is 438 g/mol. The van der Waals surface area contributed by atoms with E-state index in [0.29, 0.717) is 62.4 Å². The molecule has 1 saturated heterocycles. The molecule has 1 fully saturated rings. The Morgan fingerprint density at radius 1 is 0.969 bits per heavy atom. The van der Waals surface area contributed by atoms with E-state index in [1.165, 1.54) is 14.0 Å². The fourth-order valence-electron chi connectivity index (χ4n) is 3.91. The maximum Gasteiger partial charge on any atom is 0.222 e. The van der Waals surface area contributed by atoms with E-state index in [2.05, 4.69) is 0 Å². The summed E-state index contributed by atoms with van der Waals surface area (Å²) in [5.74, 6) is 1.27. The first-order chi connectivity index (χ1) is 15.4. The molecule has 2 aromatic carbocycles. The van der Waals surface area contributed by atoms with Crippen LogP contribution in [0, 0.1) is 12.8 Å². The zero-order valence-electron chi connectivity index (χ0n) is 19.1. The number of carbonyl (C=O) groups is 3. The zero-order valence-corrected chi connectivity index (χ0v) is 19.1. The van der Waals surface area contributed by atoms with Gasteiger partial charge in [-0.15, -0.1) is 0 Å². The Kier molecular flexibility index (Phi) is 8.03. The Hall–Kier alpha value is -3.15. The SMILES string of the molecule is COc1cc(C(C)=O)ccc1OCCCC(=O)N1CCC(C(=O)c2ccc(C)cc2)CC1. The number of methoxy groups -OCH3 is 1. The van der Waals surface area contributed by atoms with Crippen LogP contribution >= 0.6 is 0 Å². The van der Waals surface area contributed by atoms with E-state index in [0.717, 1.165) is 11.1 Å². The van der Waals surface area contributed by atoms with Crippen molar-refractivity contribution in [3.63, 3.8) is 0 Å². The Balaban J connectivity index is 1.41. The van der Waals surface area contributed by atoms with E-state index in [1.807, 2.05) is 36.1 Å². The van der Waals surface area contributed by atoms with Crippen molar-refractivity contribution in [1.29, 1.82) is 0 Å². The van der Waals surface area contributed by atoms with E-state index < -0.39 is 0 Å². The van der Waals surface area contributed by atoms with Crippen molar-refractivity contribution >= 4 is 17.5 Å². The van der Waals surface area contributed by atoms with Gasteiger partial charge in [-0.05, 0) is 51.3 Å². The number of rotatable bonds is 9. The largest absolute Gasteiger partial charge is 0.493 e. The normalized spacial score (nSPS) is 14.2. The van der Waals surface area contributed by atoms with Crippen LogP contribution < -0.4 is 9.47 Å². The quantitative estimate of drug-likeness (QED) is 0.427. The molecule has 1 heterocycles. The average Bonchev–Trinajstić information content (AvgIpc) is 2.81. The lowest BCUT2D eigenvalue weighted by Gasteiger charge is -2.31. The minimum atomic E-state index is -0.0372. The molecule has 2 aromatic rings. The molecule has 32 heavy (non-hydrogen) atoms. The van der Waals surface area contributed by atoms with Gasteiger partial charge in [0, 0.05) is 36.6 Å². The van der Waals surface area contributed by atoms with Gasteiger partial charge >= 0.3 is 0 Å². The Bertz CT molecular complexity index is 959. The van der Waals surface area contributed by atoms with Gasteiger partial charge in [0.2, 0.25) is 5.91 Å². The number of carbonyl (C=O) groups excluding carboxylic acids is 3. The van der Waals surface area contributed by atoms with Crippen LogP contribution in [-0.2, 0) is 4.79 Å². The van der Waals surface area contributed by atoms with Gasteiger partial charge in [-0.25, -0.2) is 0 Å². The van der Waals surface area contributed by atoms with E-state index in [-0.39, 0.29) is 23.4 Å². The van der Waals surface area contributed by atoms with Crippen LogP contribution in [0.5, 0.6) is 11.5 Å². The van der Waals surface area contributed by atoms with Gasteiger partial charge in [-0.3, -0.25) is 14.4 Å². The van der Waals surface area contributed by atoms with Crippen LogP contribution in [0.1, 0.15) is 58.9 Å². The van der Waals surface area contributed by atoms with Gasteiger partial charge < -0.3 is 14.4 Å². The number of nitrogens with zero attached hydrogens (tertiary/aromatic N) is 1. The van der Waals surface area contributed by atoms with E-state index >= 15 is 0 Å². The van der Waals surface area contributed by atoms with E-state index in [4.69, 9.17) is 9.47 Å². The van der Waals surface area contributed by atoms with Gasteiger partial charge in [-0.1, -0.05) is 29.8 Å². The second-order valence-electron chi connectivity index (χ2n) is 8.26.